The summed E-state index contributed by atoms with van der Waals surface area (Å²) in [6, 6.07) is 64.4. The molecule has 0 radical (unpaired) electrons. The molecule has 0 fully saturated rings. The van der Waals surface area contributed by atoms with Gasteiger partial charge in [0.15, 0.2) is 0 Å². The van der Waals surface area contributed by atoms with Crippen LogP contribution in [-0.4, -0.2) is 4.98 Å². The van der Waals surface area contributed by atoms with E-state index in [4.69, 9.17) is 9.40 Å². The number of fused-ring (bicyclic) bond motifs is 6. The molecule has 0 saturated carbocycles. The zero-order valence-electron chi connectivity index (χ0n) is 27.5. The number of anilines is 3. The van der Waals surface area contributed by atoms with Crippen LogP contribution in [0.15, 0.2) is 186 Å². The van der Waals surface area contributed by atoms with Gasteiger partial charge in [0.05, 0.1) is 15.6 Å². The van der Waals surface area contributed by atoms with Gasteiger partial charge >= 0.3 is 0 Å². The van der Waals surface area contributed by atoms with Gasteiger partial charge in [-0.1, -0.05) is 121 Å². The average Bonchev–Trinajstić information content (AvgIpc) is 3.81. The largest absolute Gasteiger partial charge is 0.456 e. The molecule has 0 aliphatic carbocycles. The number of aromatic nitrogens is 1. The number of thiazole rings is 1. The van der Waals surface area contributed by atoms with Crippen LogP contribution in [-0.2, 0) is 0 Å². The molecule has 51 heavy (non-hydrogen) atoms. The normalized spacial score (nSPS) is 11.5. The van der Waals surface area contributed by atoms with E-state index in [1.807, 2.05) is 0 Å². The van der Waals surface area contributed by atoms with Gasteiger partial charge in [-0.3, -0.25) is 0 Å². The molecular formula is C47H30N2OS. The van der Waals surface area contributed by atoms with E-state index in [-0.39, 0.29) is 0 Å². The first kappa shape index (κ1) is 29.4. The number of para-hydroxylation sites is 1. The first-order valence-electron chi connectivity index (χ1n) is 17.1. The van der Waals surface area contributed by atoms with Crippen LogP contribution in [0.25, 0.3) is 75.8 Å². The summed E-state index contributed by atoms with van der Waals surface area (Å²) in [4.78, 5) is 7.54. The molecule has 0 atom stereocenters. The fourth-order valence-electron chi connectivity index (χ4n) is 7.14. The molecule has 2 aromatic heterocycles. The first-order valence-corrected chi connectivity index (χ1v) is 17.9. The third-order valence-corrected chi connectivity index (χ3v) is 10.8. The molecule has 10 aromatic rings. The molecule has 0 aliphatic heterocycles. The highest BCUT2D eigenvalue weighted by Crippen LogP contribution is 2.43. The maximum atomic E-state index is 6.43. The van der Waals surface area contributed by atoms with E-state index in [1.54, 1.807) is 11.3 Å². The number of hydrogen-bond donors (Lipinski definition) is 0. The summed E-state index contributed by atoms with van der Waals surface area (Å²) in [6.07, 6.45) is 0. The molecule has 8 aromatic carbocycles. The van der Waals surface area contributed by atoms with Crippen LogP contribution < -0.4 is 4.90 Å². The Balaban J connectivity index is 1.05. The van der Waals surface area contributed by atoms with Crippen molar-refractivity contribution in [2.45, 2.75) is 0 Å². The van der Waals surface area contributed by atoms with Crippen molar-refractivity contribution >= 4 is 71.3 Å². The zero-order chi connectivity index (χ0) is 33.7. The van der Waals surface area contributed by atoms with Crippen LogP contribution in [0.2, 0.25) is 0 Å². The molecule has 2 heterocycles. The minimum absolute atomic E-state index is 0.846. The Kier molecular flexibility index (Phi) is 7.00. The van der Waals surface area contributed by atoms with E-state index < -0.39 is 0 Å². The van der Waals surface area contributed by atoms with Gasteiger partial charge in [0.25, 0.3) is 0 Å². The smallest absolute Gasteiger partial charge is 0.137 e. The zero-order valence-corrected chi connectivity index (χ0v) is 28.3. The Morgan fingerprint density at radius 1 is 0.431 bits per heavy atom. The molecule has 10 rings (SSSR count). The van der Waals surface area contributed by atoms with Crippen molar-refractivity contribution in [3.05, 3.63) is 182 Å². The van der Waals surface area contributed by atoms with E-state index >= 15 is 0 Å². The van der Waals surface area contributed by atoms with E-state index in [9.17, 15) is 0 Å². The lowest BCUT2D eigenvalue weighted by atomic mass is 10.00. The Hall–Kier alpha value is -6.49. The minimum atomic E-state index is 0.846. The van der Waals surface area contributed by atoms with Crippen LogP contribution in [0.5, 0.6) is 0 Å². The van der Waals surface area contributed by atoms with Crippen molar-refractivity contribution < 1.29 is 4.42 Å². The second-order valence-corrected chi connectivity index (χ2v) is 13.8. The van der Waals surface area contributed by atoms with Crippen LogP contribution in [0, 0.1) is 0 Å². The highest BCUT2D eigenvalue weighted by molar-refractivity contribution is 7.21. The van der Waals surface area contributed by atoms with Crippen molar-refractivity contribution in [3.8, 4) is 32.8 Å². The fraction of sp³-hybridized carbons (Fsp3) is 0. The lowest BCUT2D eigenvalue weighted by molar-refractivity contribution is 0.669. The van der Waals surface area contributed by atoms with Gasteiger partial charge in [0, 0.05) is 28.0 Å². The molecule has 3 nitrogen and oxygen atoms in total. The number of hydrogen-bond acceptors (Lipinski definition) is 4. The minimum Gasteiger partial charge on any atom is -0.456 e. The SMILES string of the molecule is c1ccc(-c2ccc(-c3ccc(N(c4ccccc4)c4ccc5oc6ccc7sc(-c8ccc9ccccc9c8)nc7c6c5c4)cc3)cc2)cc1. The molecule has 240 valence electrons. The quantitative estimate of drug-likeness (QED) is 0.176. The molecule has 0 spiro atoms. The van der Waals surface area contributed by atoms with Crippen LogP contribution in [0.4, 0.5) is 17.1 Å². The van der Waals surface area contributed by atoms with E-state index in [0.29, 0.717) is 0 Å². The summed E-state index contributed by atoms with van der Waals surface area (Å²) in [5.41, 5.74) is 11.8. The Bertz CT molecular complexity index is 2840. The number of rotatable bonds is 6. The Morgan fingerprint density at radius 2 is 1.00 bits per heavy atom. The summed E-state index contributed by atoms with van der Waals surface area (Å²) < 4.78 is 7.57. The summed E-state index contributed by atoms with van der Waals surface area (Å²) in [7, 11) is 0. The van der Waals surface area contributed by atoms with Gasteiger partial charge in [-0.25, -0.2) is 4.98 Å². The predicted octanol–water partition coefficient (Wildman–Crippen LogP) is 13.8. The molecule has 0 amide bonds. The number of nitrogens with zero attached hydrogens (tertiary/aromatic N) is 2. The van der Waals surface area contributed by atoms with E-state index in [0.717, 1.165) is 59.8 Å². The Labute approximate surface area is 299 Å². The van der Waals surface area contributed by atoms with Crippen molar-refractivity contribution in [3.63, 3.8) is 0 Å². The predicted molar refractivity (Wildman–Crippen MR) is 215 cm³/mol. The second-order valence-electron chi connectivity index (χ2n) is 12.8. The summed E-state index contributed by atoms with van der Waals surface area (Å²) in [6.45, 7) is 0. The molecule has 0 bridgehead atoms. The lowest BCUT2D eigenvalue weighted by Gasteiger charge is -2.25. The van der Waals surface area contributed by atoms with Crippen LogP contribution in [0.3, 0.4) is 0 Å². The van der Waals surface area contributed by atoms with Gasteiger partial charge < -0.3 is 9.32 Å². The molecule has 0 aliphatic rings. The van der Waals surface area contributed by atoms with Crippen LogP contribution in [0.1, 0.15) is 0 Å². The third-order valence-electron chi connectivity index (χ3n) is 9.69. The highest BCUT2D eigenvalue weighted by Gasteiger charge is 2.19. The molecular weight excluding hydrogens is 641 g/mol. The Morgan fingerprint density at radius 3 is 1.75 bits per heavy atom. The maximum absolute atomic E-state index is 6.43. The lowest BCUT2D eigenvalue weighted by Crippen LogP contribution is -2.09. The van der Waals surface area contributed by atoms with Gasteiger partial charge in [0.1, 0.15) is 16.2 Å². The fourth-order valence-corrected chi connectivity index (χ4v) is 8.11. The molecule has 0 N–H and O–H groups in total. The molecule has 0 unspecified atom stereocenters. The van der Waals surface area contributed by atoms with E-state index in [2.05, 4.69) is 187 Å². The summed E-state index contributed by atoms with van der Waals surface area (Å²) in [5, 5.41) is 5.56. The van der Waals surface area contributed by atoms with Gasteiger partial charge in [-0.2, -0.15) is 0 Å². The molecule has 4 heteroatoms. The van der Waals surface area contributed by atoms with Gasteiger partial charge in [0.2, 0.25) is 0 Å². The molecule has 0 saturated heterocycles. The van der Waals surface area contributed by atoms with Crippen molar-refractivity contribution in [2.24, 2.45) is 0 Å². The van der Waals surface area contributed by atoms with E-state index in [1.165, 1.54) is 33.0 Å². The van der Waals surface area contributed by atoms with Crippen molar-refractivity contribution in [2.75, 3.05) is 4.90 Å². The van der Waals surface area contributed by atoms with Crippen LogP contribution >= 0.6 is 11.3 Å². The third kappa shape index (κ3) is 5.25. The number of benzene rings is 8. The first-order chi connectivity index (χ1) is 25.2. The topological polar surface area (TPSA) is 29.3 Å². The standard InChI is InChI=1S/C47H30N2OS/c1-3-9-31(10-4-1)33-15-17-34(18-16-33)35-21-23-39(24-22-35)49(38-13-5-2-6-14-38)40-25-26-42-41(30-40)45-43(50-42)27-28-44-46(45)48-47(51-44)37-20-19-32-11-7-8-12-36(32)29-37/h1-30H. The van der Waals surface area contributed by atoms with Crippen molar-refractivity contribution in [1.29, 1.82) is 0 Å². The maximum Gasteiger partial charge on any atom is 0.137 e. The van der Waals surface area contributed by atoms with Gasteiger partial charge in [-0.05, 0) is 93.7 Å². The van der Waals surface area contributed by atoms with Gasteiger partial charge in [-0.15, -0.1) is 11.3 Å². The average molecular weight is 671 g/mol. The second kappa shape index (κ2) is 12.1. The van der Waals surface area contributed by atoms with Crippen molar-refractivity contribution in [1.82, 2.24) is 4.98 Å². The monoisotopic (exact) mass is 670 g/mol. The summed E-state index contributed by atoms with van der Waals surface area (Å²) >= 11 is 1.73. The summed E-state index contributed by atoms with van der Waals surface area (Å²) in [5.74, 6) is 0. The number of furan rings is 1. The highest BCUT2D eigenvalue weighted by atomic mass is 32.1.